The number of hydrogen-bond acceptors (Lipinski definition) is 3. The molecule has 0 heterocycles. The Kier molecular flexibility index (Phi) is 5.27. The lowest BCUT2D eigenvalue weighted by molar-refractivity contribution is -0.385. The Labute approximate surface area is 114 Å². The number of carbonyl (C=O) groups excluding carboxylic acids is 1. The molecule has 0 saturated carbocycles. The minimum atomic E-state index is -0.548. The number of nitrogens with one attached hydrogen (secondary N) is 1. The van der Waals surface area contributed by atoms with Gasteiger partial charge in [-0.05, 0) is 12.0 Å². The molecule has 1 aromatic carbocycles. The predicted octanol–water partition coefficient (Wildman–Crippen LogP) is 2.74. The minimum Gasteiger partial charge on any atom is -0.348 e. The first-order chi connectivity index (χ1) is 8.47. The largest absolute Gasteiger partial charge is 0.348 e. The lowest BCUT2D eigenvalue weighted by atomic mass is 10.1. The second-order valence-electron chi connectivity index (χ2n) is 4.25. The van der Waals surface area contributed by atoms with E-state index in [1.807, 2.05) is 13.8 Å². The molecule has 0 aromatic heterocycles. The Hall–Kier alpha value is -1.43. The quantitative estimate of drug-likeness (QED) is 0.516. The average Bonchev–Trinajstić information content (AvgIpc) is 2.35. The molecule has 0 bridgehead atoms. The summed E-state index contributed by atoms with van der Waals surface area (Å²) in [6, 6.07) is 5.88. The van der Waals surface area contributed by atoms with Gasteiger partial charge in [0.15, 0.2) is 0 Å². The molecule has 0 radical (unpaired) electrons. The molecular weight excluding hydrogens is 300 g/mol. The van der Waals surface area contributed by atoms with Crippen molar-refractivity contribution in [1.29, 1.82) is 0 Å². The molecule has 0 saturated heterocycles. The lowest BCUT2D eigenvalue weighted by Crippen LogP contribution is -2.39. The van der Waals surface area contributed by atoms with Gasteiger partial charge in [0.05, 0.1) is 4.92 Å². The first-order valence-electron chi connectivity index (χ1n) is 5.57. The molecule has 1 aromatic rings. The minimum absolute atomic E-state index is 0.0580. The van der Waals surface area contributed by atoms with Crippen molar-refractivity contribution in [2.24, 2.45) is 5.92 Å². The average molecular weight is 315 g/mol. The summed E-state index contributed by atoms with van der Waals surface area (Å²) in [6.45, 7) is 3.96. The van der Waals surface area contributed by atoms with Gasteiger partial charge < -0.3 is 5.32 Å². The maximum atomic E-state index is 12.0. The third-order valence-electron chi connectivity index (χ3n) is 2.63. The number of benzene rings is 1. The number of alkyl halides is 1. The molecular formula is C12H15BrN2O3. The van der Waals surface area contributed by atoms with Crippen molar-refractivity contribution in [3.05, 3.63) is 39.9 Å². The summed E-state index contributed by atoms with van der Waals surface area (Å²) in [5, 5.41) is 14.2. The molecule has 1 atom stereocenters. The summed E-state index contributed by atoms with van der Waals surface area (Å²) in [4.78, 5) is 22.3. The molecule has 18 heavy (non-hydrogen) atoms. The van der Waals surface area contributed by atoms with Crippen LogP contribution in [0.5, 0.6) is 0 Å². The van der Waals surface area contributed by atoms with E-state index in [4.69, 9.17) is 0 Å². The number of amides is 1. The van der Waals surface area contributed by atoms with Gasteiger partial charge in [0, 0.05) is 17.4 Å². The lowest BCUT2D eigenvalue weighted by Gasteiger charge is -2.19. The first-order valence-corrected chi connectivity index (χ1v) is 6.69. The van der Waals surface area contributed by atoms with Crippen LogP contribution in [0.2, 0.25) is 0 Å². The van der Waals surface area contributed by atoms with Crippen LogP contribution in [0.1, 0.15) is 24.2 Å². The van der Waals surface area contributed by atoms with E-state index in [2.05, 4.69) is 21.2 Å². The van der Waals surface area contributed by atoms with Crippen molar-refractivity contribution in [3.8, 4) is 0 Å². The monoisotopic (exact) mass is 314 g/mol. The normalized spacial score (nSPS) is 12.2. The van der Waals surface area contributed by atoms with E-state index < -0.39 is 10.8 Å². The number of nitrogens with zero attached hydrogens (tertiary/aromatic N) is 1. The number of carbonyl (C=O) groups is 1. The van der Waals surface area contributed by atoms with Crippen molar-refractivity contribution in [2.75, 3.05) is 5.33 Å². The van der Waals surface area contributed by atoms with Gasteiger partial charge in [-0.25, -0.2) is 0 Å². The zero-order chi connectivity index (χ0) is 13.7. The van der Waals surface area contributed by atoms with E-state index in [1.165, 1.54) is 12.1 Å². The molecule has 6 heteroatoms. The summed E-state index contributed by atoms with van der Waals surface area (Å²) >= 11 is 3.32. The summed E-state index contributed by atoms with van der Waals surface area (Å²) in [5.41, 5.74) is -0.0822. The van der Waals surface area contributed by atoms with Crippen LogP contribution < -0.4 is 5.32 Å². The topological polar surface area (TPSA) is 72.2 Å². The number of nitro groups is 1. The highest BCUT2D eigenvalue weighted by Crippen LogP contribution is 2.18. The third-order valence-corrected chi connectivity index (χ3v) is 3.33. The number of nitro benzene ring substituents is 1. The van der Waals surface area contributed by atoms with Gasteiger partial charge >= 0.3 is 0 Å². The maximum Gasteiger partial charge on any atom is 0.282 e. The number of para-hydroxylation sites is 1. The number of halogens is 1. The van der Waals surface area contributed by atoms with Gasteiger partial charge in [-0.3, -0.25) is 14.9 Å². The molecule has 1 amide bonds. The Morgan fingerprint density at radius 3 is 2.56 bits per heavy atom. The molecule has 0 aliphatic rings. The van der Waals surface area contributed by atoms with Gasteiger partial charge in [0.1, 0.15) is 5.56 Å². The van der Waals surface area contributed by atoms with Gasteiger partial charge in [0.2, 0.25) is 0 Å². The maximum absolute atomic E-state index is 12.0. The smallest absolute Gasteiger partial charge is 0.282 e. The van der Waals surface area contributed by atoms with Crippen LogP contribution in [-0.4, -0.2) is 22.2 Å². The van der Waals surface area contributed by atoms with Crippen molar-refractivity contribution in [3.63, 3.8) is 0 Å². The van der Waals surface area contributed by atoms with Crippen molar-refractivity contribution in [2.45, 2.75) is 19.9 Å². The Morgan fingerprint density at radius 2 is 2.06 bits per heavy atom. The molecule has 0 aliphatic heterocycles. The van der Waals surface area contributed by atoms with Gasteiger partial charge in [-0.1, -0.05) is 41.9 Å². The van der Waals surface area contributed by atoms with E-state index in [0.717, 1.165) is 0 Å². The van der Waals surface area contributed by atoms with Crippen LogP contribution in [0.25, 0.3) is 0 Å². The first kappa shape index (κ1) is 14.6. The molecule has 5 nitrogen and oxygen atoms in total. The van der Waals surface area contributed by atoms with Crippen molar-refractivity contribution in [1.82, 2.24) is 5.32 Å². The highest BCUT2D eigenvalue weighted by atomic mass is 79.9. The van der Waals surface area contributed by atoms with Crippen molar-refractivity contribution >= 4 is 27.5 Å². The molecule has 0 aliphatic carbocycles. The second kappa shape index (κ2) is 6.49. The molecule has 1 unspecified atom stereocenters. The van der Waals surface area contributed by atoms with Gasteiger partial charge in [-0.2, -0.15) is 0 Å². The SMILES string of the molecule is CC(C)C(CBr)NC(=O)c1ccccc1[N+](=O)[O-]. The fourth-order valence-corrected chi connectivity index (χ4v) is 2.36. The molecule has 1 rings (SSSR count). The zero-order valence-corrected chi connectivity index (χ0v) is 11.8. The van der Waals surface area contributed by atoms with E-state index in [-0.39, 0.29) is 23.2 Å². The van der Waals surface area contributed by atoms with Crippen LogP contribution in [0, 0.1) is 16.0 Å². The summed E-state index contributed by atoms with van der Waals surface area (Å²) in [7, 11) is 0. The van der Waals surface area contributed by atoms with Crippen LogP contribution in [0.4, 0.5) is 5.69 Å². The highest BCUT2D eigenvalue weighted by Gasteiger charge is 2.22. The summed E-state index contributed by atoms with van der Waals surface area (Å²) < 4.78 is 0. The number of hydrogen-bond donors (Lipinski definition) is 1. The summed E-state index contributed by atoms with van der Waals surface area (Å²) in [5.74, 6) is -0.170. The van der Waals surface area contributed by atoms with Crippen LogP contribution in [0.3, 0.4) is 0 Å². The van der Waals surface area contributed by atoms with E-state index in [1.54, 1.807) is 12.1 Å². The standard InChI is InChI=1S/C12H15BrN2O3/c1-8(2)10(7-13)14-12(16)9-5-3-4-6-11(9)15(17)18/h3-6,8,10H,7H2,1-2H3,(H,14,16). The molecule has 0 spiro atoms. The van der Waals surface area contributed by atoms with E-state index >= 15 is 0 Å². The third kappa shape index (κ3) is 3.53. The summed E-state index contributed by atoms with van der Waals surface area (Å²) in [6.07, 6.45) is 0. The van der Waals surface area contributed by atoms with Crippen LogP contribution in [-0.2, 0) is 0 Å². The fraction of sp³-hybridized carbons (Fsp3) is 0.417. The highest BCUT2D eigenvalue weighted by molar-refractivity contribution is 9.09. The zero-order valence-electron chi connectivity index (χ0n) is 10.2. The number of rotatable bonds is 5. The fourth-order valence-electron chi connectivity index (χ4n) is 1.45. The van der Waals surface area contributed by atoms with E-state index in [9.17, 15) is 14.9 Å². The predicted molar refractivity (Wildman–Crippen MR) is 73.0 cm³/mol. The Balaban J connectivity index is 2.94. The van der Waals surface area contributed by atoms with Gasteiger partial charge in [0.25, 0.3) is 11.6 Å². The van der Waals surface area contributed by atoms with E-state index in [0.29, 0.717) is 5.33 Å². The Bertz CT molecular complexity index is 449. The second-order valence-corrected chi connectivity index (χ2v) is 4.90. The van der Waals surface area contributed by atoms with Crippen LogP contribution >= 0.6 is 15.9 Å². The Morgan fingerprint density at radius 1 is 1.44 bits per heavy atom. The van der Waals surface area contributed by atoms with Crippen LogP contribution in [0.15, 0.2) is 24.3 Å². The van der Waals surface area contributed by atoms with Crippen molar-refractivity contribution < 1.29 is 9.72 Å². The molecule has 0 fully saturated rings. The van der Waals surface area contributed by atoms with Gasteiger partial charge in [-0.15, -0.1) is 0 Å². The molecule has 98 valence electrons. The molecule has 1 N–H and O–H groups in total.